The van der Waals surface area contributed by atoms with Crippen LogP contribution in [0.25, 0.3) is 0 Å². The van der Waals surface area contributed by atoms with Crippen molar-refractivity contribution in [2.45, 2.75) is 13.5 Å². The van der Waals surface area contributed by atoms with E-state index in [1.165, 1.54) is 5.56 Å². The lowest BCUT2D eigenvalue weighted by atomic mass is 10.2. The van der Waals surface area contributed by atoms with Crippen molar-refractivity contribution in [1.29, 1.82) is 0 Å². The summed E-state index contributed by atoms with van der Waals surface area (Å²) in [5.74, 6) is 0.495. The molecule has 2 aromatic rings. The number of morpholine rings is 1. The van der Waals surface area contributed by atoms with Gasteiger partial charge in [0, 0.05) is 34.8 Å². The highest BCUT2D eigenvalue weighted by Gasteiger charge is 2.15. The third-order valence-electron chi connectivity index (χ3n) is 4.28. The fourth-order valence-corrected chi connectivity index (χ4v) is 3.67. The number of phenolic OH excluding ortho intramolecular Hbond substituents is 1. The zero-order chi connectivity index (χ0) is 19.2. The molecular formula is C20H22Br2N2O3. The number of aliphatic imine (C=N–C) groups is 1. The van der Waals surface area contributed by atoms with Gasteiger partial charge < -0.3 is 14.6 Å². The van der Waals surface area contributed by atoms with Gasteiger partial charge in [-0.15, -0.1) is 0 Å². The highest BCUT2D eigenvalue weighted by molar-refractivity contribution is 9.13. The predicted octanol–water partition coefficient (Wildman–Crippen LogP) is 4.90. The number of nitrogens with zero attached hydrogens (tertiary/aromatic N) is 2. The molecule has 2 aromatic carbocycles. The van der Waals surface area contributed by atoms with Crippen molar-refractivity contribution in [3.63, 3.8) is 0 Å². The third-order valence-corrected chi connectivity index (χ3v) is 6.29. The number of phenols is 1. The Bertz CT molecular complexity index is 804. The number of halogens is 2. The quantitative estimate of drug-likeness (QED) is 0.577. The molecule has 0 radical (unpaired) electrons. The molecule has 0 spiro atoms. The Labute approximate surface area is 176 Å². The fraction of sp³-hybridized carbons (Fsp3) is 0.350. The predicted molar refractivity (Wildman–Crippen MR) is 114 cm³/mol. The van der Waals surface area contributed by atoms with Gasteiger partial charge in [-0.1, -0.05) is 12.1 Å². The summed E-state index contributed by atoms with van der Waals surface area (Å²) in [5, 5.41) is 10.4. The Morgan fingerprint density at radius 2 is 1.93 bits per heavy atom. The zero-order valence-corrected chi connectivity index (χ0v) is 18.3. The molecule has 0 atom stereocenters. The van der Waals surface area contributed by atoms with Crippen molar-refractivity contribution in [1.82, 2.24) is 4.90 Å². The average molecular weight is 498 g/mol. The van der Waals surface area contributed by atoms with Crippen molar-refractivity contribution >= 4 is 43.8 Å². The van der Waals surface area contributed by atoms with Gasteiger partial charge >= 0.3 is 0 Å². The highest BCUT2D eigenvalue weighted by Crippen LogP contribution is 2.39. The summed E-state index contributed by atoms with van der Waals surface area (Å²) in [4.78, 5) is 6.89. The maximum atomic E-state index is 10.4. The molecule has 1 aliphatic rings. The van der Waals surface area contributed by atoms with E-state index in [4.69, 9.17) is 9.47 Å². The normalized spacial score (nSPS) is 15.4. The molecule has 0 aromatic heterocycles. The smallest absolute Gasteiger partial charge is 0.167 e. The molecule has 7 heteroatoms. The molecular weight excluding hydrogens is 476 g/mol. The minimum absolute atomic E-state index is 0.0691. The van der Waals surface area contributed by atoms with Crippen LogP contribution in [-0.2, 0) is 11.3 Å². The van der Waals surface area contributed by atoms with Crippen LogP contribution in [0.4, 0.5) is 5.69 Å². The highest BCUT2D eigenvalue weighted by atomic mass is 79.9. The number of rotatable bonds is 6. The monoisotopic (exact) mass is 496 g/mol. The molecule has 1 aliphatic heterocycles. The van der Waals surface area contributed by atoms with Gasteiger partial charge in [0.15, 0.2) is 11.5 Å². The number of hydrogen-bond donors (Lipinski definition) is 1. The Hall–Kier alpha value is -1.41. The van der Waals surface area contributed by atoms with Crippen molar-refractivity contribution < 1.29 is 14.6 Å². The van der Waals surface area contributed by atoms with Crippen molar-refractivity contribution in [3.05, 3.63) is 50.4 Å². The molecule has 144 valence electrons. The third kappa shape index (κ3) is 5.31. The van der Waals surface area contributed by atoms with E-state index in [-0.39, 0.29) is 5.75 Å². The van der Waals surface area contributed by atoms with Crippen molar-refractivity contribution in [3.8, 4) is 11.5 Å². The summed E-state index contributed by atoms with van der Waals surface area (Å²) >= 11 is 6.96. The molecule has 0 bridgehead atoms. The van der Waals surface area contributed by atoms with Crippen LogP contribution in [0.1, 0.15) is 18.1 Å². The summed E-state index contributed by atoms with van der Waals surface area (Å²) in [5.41, 5.74) is 2.65. The molecule has 1 fully saturated rings. The first-order valence-corrected chi connectivity index (χ1v) is 10.4. The SMILES string of the molecule is CCOc1cc(Br)c(Br)c(C=Nc2ccc(CN3CCOCC3)cc2)c1O. The summed E-state index contributed by atoms with van der Waals surface area (Å²) in [7, 11) is 0. The van der Waals surface area contributed by atoms with Gasteiger partial charge in [-0.25, -0.2) is 0 Å². The molecule has 0 saturated carbocycles. The van der Waals surface area contributed by atoms with Gasteiger partial charge in [0.1, 0.15) is 0 Å². The molecule has 0 amide bonds. The molecule has 27 heavy (non-hydrogen) atoms. The van der Waals surface area contributed by atoms with E-state index in [0.29, 0.717) is 17.9 Å². The van der Waals surface area contributed by atoms with Crippen LogP contribution in [0.3, 0.4) is 0 Å². The van der Waals surface area contributed by atoms with Gasteiger partial charge in [-0.05, 0) is 62.5 Å². The summed E-state index contributed by atoms with van der Waals surface area (Å²) in [6, 6.07) is 9.88. The van der Waals surface area contributed by atoms with Crippen LogP contribution in [0.2, 0.25) is 0 Å². The van der Waals surface area contributed by atoms with E-state index in [9.17, 15) is 5.11 Å². The maximum Gasteiger partial charge on any atom is 0.167 e. The first-order chi connectivity index (χ1) is 13.1. The van der Waals surface area contributed by atoms with Gasteiger partial charge in [0.25, 0.3) is 0 Å². The standard InChI is InChI=1S/C20H22Br2N2O3/c1-2-27-18-11-17(21)19(22)16(20(18)25)12-23-15-5-3-14(4-6-15)13-24-7-9-26-10-8-24/h3-6,11-12,25H,2,7-10,13H2,1H3. The molecule has 1 saturated heterocycles. The Kier molecular flexibility index (Phi) is 7.29. The van der Waals surface area contributed by atoms with Crippen LogP contribution in [0, 0.1) is 0 Å². The average Bonchev–Trinajstić information content (AvgIpc) is 2.68. The topological polar surface area (TPSA) is 54.3 Å². The number of aromatic hydroxyl groups is 1. The minimum atomic E-state index is 0.0691. The Morgan fingerprint density at radius 3 is 2.59 bits per heavy atom. The maximum absolute atomic E-state index is 10.4. The van der Waals surface area contributed by atoms with Crippen LogP contribution >= 0.6 is 31.9 Å². The van der Waals surface area contributed by atoms with Crippen LogP contribution in [-0.4, -0.2) is 49.1 Å². The van der Waals surface area contributed by atoms with Crippen molar-refractivity contribution in [2.75, 3.05) is 32.9 Å². The second-order valence-electron chi connectivity index (χ2n) is 6.18. The van der Waals surface area contributed by atoms with Crippen LogP contribution < -0.4 is 4.74 Å². The molecule has 5 nitrogen and oxygen atoms in total. The summed E-state index contributed by atoms with van der Waals surface area (Å²) < 4.78 is 12.4. The summed E-state index contributed by atoms with van der Waals surface area (Å²) in [6.07, 6.45) is 1.64. The van der Waals surface area contributed by atoms with E-state index in [1.807, 2.05) is 19.1 Å². The minimum Gasteiger partial charge on any atom is -0.504 e. The largest absolute Gasteiger partial charge is 0.504 e. The molecule has 0 aliphatic carbocycles. The lowest BCUT2D eigenvalue weighted by Crippen LogP contribution is -2.35. The van der Waals surface area contributed by atoms with E-state index in [2.05, 4.69) is 53.9 Å². The number of ether oxygens (including phenoxy) is 2. The molecule has 3 rings (SSSR count). The second kappa shape index (κ2) is 9.68. The van der Waals surface area contributed by atoms with Crippen molar-refractivity contribution in [2.24, 2.45) is 4.99 Å². The lowest BCUT2D eigenvalue weighted by molar-refractivity contribution is 0.0342. The van der Waals surface area contributed by atoms with Crippen LogP contribution in [0.5, 0.6) is 11.5 Å². The fourth-order valence-electron chi connectivity index (χ4n) is 2.84. The Morgan fingerprint density at radius 1 is 1.22 bits per heavy atom. The molecule has 0 unspecified atom stereocenters. The molecule has 1 heterocycles. The first kappa shape index (κ1) is 20.3. The number of benzene rings is 2. The molecule has 1 N–H and O–H groups in total. The van der Waals surface area contributed by atoms with E-state index >= 15 is 0 Å². The van der Waals surface area contributed by atoms with E-state index in [0.717, 1.165) is 47.5 Å². The lowest BCUT2D eigenvalue weighted by Gasteiger charge is -2.26. The Balaban J connectivity index is 1.74. The van der Waals surface area contributed by atoms with Gasteiger partial charge in [0.05, 0.1) is 31.1 Å². The first-order valence-electron chi connectivity index (χ1n) is 8.85. The second-order valence-corrected chi connectivity index (χ2v) is 7.83. The van der Waals surface area contributed by atoms with E-state index in [1.54, 1.807) is 12.3 Å². The van der Waals surface area contributed by atoms with Gasteiger partial charge in [-0.3, -0.25) is 9.89 Å². The number of hydrogen-bond acceptors (Lipinski definition) is 5. The van der Waals surface area contributed by atoms with E-state index < -0.39 is 0 Å². The van der Waals surface area contributed by atoms with Crippen LogP contribution in [0.15, 0.2) is 44.3 Å². The van der Waals surface area contributed by atoms with Gasteiger partial charge in [0.2, 0.25) is 0 Å². The van der Waals surface area contributed by atoms with Gasteiger partial charge in [-0.2, -0.15) is 0 Å². The summed E-state index contributed by atoms with van der Waals surface area (Å²) in [6.45, 7) is 6.82. The zero-order valence-electron chi connectivity index (χ0n) is 15.1.